The van der Waals surface area contributed by atoms with Gasteiger partial charge < -0.3 is 9.97 Å². The van der Waals surface area contributed by atoms with E-state index in [1.165, 1.54) is 0 Å². The molecule has 8 bridgehead atoms. The average Bonchev–Trinajstić information content (AvgIpc) is 4.20. The number of halogens is 2. The van der Waals surface area contributed by atoms with Gasteiger partial charge in [0, 0.05) is 44.3 Å². The van der Waals surface area contributed by atoms with Crippen molar-refractivity contribution < 1.29 is 8.78 Å². The van der Waals surface area contributed by atoms with Crippen LogP contribution in [-0.2, 0) is 13.1 Å². The zero-order valence-corrected chi connectivity index (χ0v) is 35.8. The molecule has 11 rings (SSSR count). The van der Waals surface area contributed by atoms with E-state index < -0.39 is 34.1 Å². The number of fused-ring (bicyclic) bond motifs is 8. The van der Waals surface area contributed by atoms with Crippen LogP contribution in [0.25, 0.3) is 90.9 Å². The van der Waals surface area contributed by atoms with E-state index in [2.05, 4.69) is 9.97 Å². The molecule has 2 aliphatic heterocycles. The molecule has 0 saturated carbocycles. The van der Waals surface area contributed by atoms with Crippen LogP contribution in [-0.4, -0.2) is 39.0 Å². The molecule has 0 fully saturated rings. The molecule has 7 heterocycles. The summed E-state index contributed by atoms with van der Waals surface area (Å²) in [5.41, 5.74) is 9.97. The first-order valence-corrected chi connectivity index (χ1v) is 21.6. The minimum Gasteiger partial charge on any atom is -0.354 e. The Labute approximate surface area is 383 Å². The fraction of sp³-hybridized carbons (Fsp3) is 0.0370. The van der Waals surface area contributed by atoms with Crippen molar-refractivity contribution in [3.8, 4) is 44.5 Å². The molecule has 14 heteroatoms. The van der Waals surface area contributed by atoms with Gasteiger partial charge in [0.15, 0.2) is 0 Å². The highest BCUT2D eigenvalue weighted by Crippen LogP contribution is 2.38. The third-order valence-corrected chi connectivity index (χ3v) is 12.0. The second kappa shape index (κ2) is 16.9. The van der Waals surface area contributed by atoms with E-state index in [9.17, 15) is 28.0 Å². The van der Waals surface area contributed by atoms with Gasteiger partial charge >= 0.3 is 11.4 Å². The molecular formula is C54H36F2N8O4. The molecule has 0 unspecified atom stereocenters. The predicted octanol–water partition coefficient (Wildman–Crippen LogP) is 9.40. The molecule has 2 aliphatic rings. The van der Waals surface area contributed by atoms with Gasteiger partial charge in [0.2, 0.25) is 11.6 Å². The van der Waals surface area contributed by atoms with E-state index >= 15 is 0 Å². The number of rotatable bonds is 8. The third kappa shape index (κ3) is 7.75. The van der Waals surface area contributed by atoms with Gasteiger partial charge in [-0.3, -0.25) is 28.7 Å². The molecule has 5 aromatic heterocycles. The molecular weight excluding hydrogens is 863 g/mol. The van der Waals surface area contributed by atoms with Gasteiger partial charge in [-0.25, -0.2) is 19.6 Å². The van der Waals surface area contributed by atoms with E-state index in [0.29, 0.717) is 22.5 Å². The van der Waals surface area contributed by atoms with Crippen molar-refractivity contribution in [2.24, 2.45) is 0 Å². The largest absolute Gasteiger partial charge is 0.354 e. The van der Waals surface area contributed by atoms with Crippen molar-refractivity contribution >= 4 is 46.4 Å². The maximum atomic E-state index is 14.4. The molecule has 9 aromatic rings. The smallest absolute Gasteiger partial charge is 0.328 e. The Morgan fingerprint density at radius 3 is 1.10 bits per heavy atom. The highest BCUT2D eigenvalue weighted by molar-refractivity contribution is 5.99. The highest BCUT2D eigenvalue weighted by atomic mass is 19.1. The Kier molecular flexibility index (Phi) is 10.3. The molecule has 4 N–H and O–H groups in total. The summed E-state index contributed by atoms with van der Waals surface area (Å²) in [4.78, 5) is 71.4. The van der Waals surface area contributed by atoms with Crippen LogP contribution in [0.15, 0.2) is 165 Å². The fourth-order valence-electron chi connectivity index (χ4n) is 8.87. The normalized spacial score (nSPS) is 11.9. The minimum absolute atomic E-state index is 0.0243. The van der Waals surface area contributed by atoms with Crippen LogP contribution in [0, 0.1) is 11.6 Å². The second-order valence-corrected chi connectivity index (χ2v) is 16.4. The summed E-state index contributed by atoms with van der Waals surface area (Å²) in [5, 5.41) is 0. The molecule has 0 amide bonds. The van der Waals surface area contributed by atoms with E-state index in [1.54, 1.807) is 0 Å². The van der Waals surface area contributed by atoms with Crippen LogP contribution in [0.2, 0.25) is 0 Å². The number of hydrogen-bond donors (Lipinski definition) is 4. The molecule has 68 heavy (non-hydrogen) atoms. The van der Waals surface area contributed by atoms with E-state index in [0.717, 1.165) is 99.5 Å². The molecule has 12 nitrogen and oxygen atoms in total. The first-order chi connectivity index (χ1) is 33.1. The van der Waals surface area contributed by atoms with Gasteiger partial charge in [-0.1, -0.05) is 97.1 Å². The Bertz CT molecular complexity index is 3740. The van der Waals surface area contributed by atoms with Crippen LogP contribution in [0.3, 0.4) is 0 Å². The van der Waals surface area contributed by atoms with E-state index in [-0.39, 0.29) is 13.1 Å². The molecule has 0 saturated heterocycles. The van der Waals surface area contributed by atoms with Crippen molar-refractivity contribution in [2.75, 3.05) is 0 Å². The molecule has 4 aromatic carbocycles. The molecule has 0 atom stereocenters. The summed E-state index contributed by atoms with van der Waals surface area (Å²) < 4.78 is 31.0. The number of nitrogens with one attached hydrogen (secondary N) is 4. The molecule has 0 spiro atoms. The first kappa shape index (κ1) is 41.4. The average molecular weight is 899 g/mol. The van der Waals surface area contributed by atoms with Gasteiger partial charge in [0.1, 0.15) is 0 Å². The maximum Gasteiger partial charge on any atom is 0.328 e. The summed E-state index contributed by atoms with van der Waals surface area (Å²) >= 11 is 0. The Morgan fingerprint density at radius 2 is 0.735 bits per heavy atom. The van der Waals surface area contributed by atoms with Crippen molar-refractivity contribution in [3.63, 3.8) is 0 Å². The lowest BCUT2D eigenvalue weighted by molar-refractivity contribution is 0.566. The topological polar surface area (TPSA) is 167 Å². The van der Waals surface area contributed by atoms with Crippen molar-refractivity contribution in [1.29, 1.82) is 0 Å². The fourth-order valence-corrected chi connectivity index (χ4v) is 8.87. The number of nitrogens with zero attached hydrogens (tertiary/aromatic N) is 4. The SMILES string of the molecule is O=c1[nH]c(=O)n(Cc2cccc(-c3c4nc(c(-c5cccc(Cn6cc(F)c(=O)[nH]c6=O)c5)c5ccc([nH]5)c(-c5ccccc5)c5nc(c(-c6ccccc6)c6ccc3[nH]6)C=C5)C=C4)c2)cc1F. The van der Waals surface area contributed by atoms with Crippen LogP contribution in [0.4, 0.5) is 8.78 Å². The van der Waals surface area contributed by atoms with Crippen LogP contribution >= 0.6 is 0 Å². The summed E-state index contributed by atoms with van der Waals surface area (Å²) in [6.07, 6.45) is 9.70. The quantitative estimate of drug-likeness (QED) is 0.119. The van der Waals surface area contributed by atoms with Crippen molar-refractivity contribution in [3.05, 3.63) is 233 Å². The van der Waals surface area contributed by atoms with Crippen molar-refractivity contribution in [1.82, 2.24) is 39.0 Å². The van der Waals surface area contributed by atoms with Gasteiger partial charge in [-0.05, 0) is 94.1 Å². The van der Waals surface area contributed by atoms with Crippen LogP contribution in [0.5, 0.6) is 0 Å². The summed E-state index contributed by atoms with van der Waals surface area (Å²) in [6.45, 7) is -0.0486. The van der Waals surface area contributed by atoms with Gasteiger partial charge in [-0.2, -0.15) is 8.78 Å². The second-order valence-electron chi connectivity index (χ2n) is 16.4. The standard InChI is InChI=1S/C54H36F2N8O4/c55-37-29-63(53(67)61-51(37)65)27-31-9-7-15-35(25-31)49-43-21-19-41(58-43)47(33-11-3-1-4-12-33)39-17-18-40(57-39)48(34-13-5-2-6-14-34)42-20-22-44(59-42)50(46-24-23-45(49)60-46)36-16-8-10-32(26-36)28-64-30-38(56)52(66)62-54(64)68/h1-26,29-30,58-59H,27-28H2,(H,61,65,67)(H,62,66,68). The number of benzene rings is 4. The van der Waals surface area contributed by atoms with Gasteiger partial charge in [0.25, 0.3) is 11.1 Å². The summed E-state index contributed by atoms with van der Waals surface area (Å²) in [6, 6.07) is 43.1. The lowest BCUT2D eigenvalue weighted by Gasteiger charge is -2.10. The van der Waals surface area contributed by atoms with E-state index in [4.69, 9.17) is 9.97 Å². The lowest BCUT2D eigenvalue weighted by Crippen LogP contribution is -2.31. The molecule has 330 valence electrons. The number of H-pyrrole nitrogens is 4. The van der Waals surface area contributed by atoms with Gasteiger partial charge in [-0.15, -0.1) is 0 Å². The number of aromatic nitrogens is 8. The van der Waals surface area contributed by atoms with Crippen LogP contribution in [0.1, 0.15) is 33.9 Å². The Balaban J connectivity index is 1.21. The van der Waals surface area contributed by atoms with Crippen LogP contribution < -0.4 is 22.5 Å². The summed E-state index contributed by atoms with van der Waals surface area (Å²) in [7, 11) is 0. The Morgan fingerprint density at radius 1 is 0.397 bits per heavy atom. The zero-order valence-electron chi connectivity index (χ0n) is 35.8. The first-order valence-electron chi connectivity index (χ1n) is 21.6. The Hall–Kier alpha value is -9.30. The third-order valence-electron chi connectivity index (χ3n) is 12.0. The molecule has 0 radical (unpaired) electrons. The summed E-state index contributed by atoms with van der Waals surface area (Å²) in [5.74, 6) is -2.14. The number of hydrogen-bond acceptors (Lipinski definition) is 6. The van der Waals surface area contributed by atoms with Gasteiger partial charge in [0.05, 0.1) is 48.3 Å². The monoisotopic (exact) mass is 898 g/mol. The maximum absolute atomic E-state index is 14.4. The van der Waals surface area contributed by atoms with Crippen molar-refractivity contribution in [2.45, 2.75) is 13.1 Å². The lowest BCUT2D eigenvalue weighted by atomic mass is 10.0. The number of aromatic amines is 4. The zero-order chi connectivity index (χ0) is 46.5. The highest BCUT2D eigenvalue weighted by Gasteiger charge is 2.20. The predicted molar refractivity (Wildman–Crippen MR) is 261 cm³/mol. The molecule has 0 aliphatic carbocycles. The minimum atomic E-state index is -1.09. The van der Waals surface area contributed by atoms with E-state index in [1.807, 2.05) is 168 Å².